The summed E-state index contributed by atoms with van der Waals surface area (Å²) in [6, 6.07) is 18.2. The summed E-state index contributed by atoms with van der Waals surface area (Å²) in [7, 11) is 0. The zero-order valence-electron chi connectivity index (χ0n) is 18.3. The maximum absolute atomic E-state index is 14.5. The largest absolute Gasteiger partial charge is 0.461 e. The molecule has 0 saturated carbocycles. The Kier molecular flexibility index (Phi) is 6.02. The number of nitrogens with zero attached hydrogens (tertiary/aromatic N) is 3. The molecule has 33 heavy (non-hydrogen) atoms. The Morgan fingerprint density at radius 1 is 1.00 bits per heavy atom. The summed E-state index contributed by atoms with van der Waals surface area (Å²) >= 11 is 0. The third-order valence-corrected chi connectivity index (χ3v) is 5.93. The number of fused-ring (bicyclic) bond motifs is 1. The first-order valence-corrected chi connectivity index (χ1v) is 11.3. The minimum absolute atomic E-state index is 0.146. The first-order chi connectivity index (χ1) is 16.2. The van der Waals surface area contributed by atoms with Gasteiger partial charge in [-0.2, -0.15) is 0 Å². The number of aromatic nitrogens is 3. The number of amides is 1. The lowest BCUT2D eigenvalue weighted by Crippen LogP contribution is -2.13. The number of hydrogen-bond donors (Lipinski definition) is 1. The van der Waals surface area contributed by atoms with Crippen molar-refractivity contribution in [3.8, 4) is 22.7 Å². The minimum atomic E-state index is -0.480. The number of halogens is 1. The van der Waals surface area contributed by atoms with Crippen LogP contribution in [-0.2, 0) is 24.2 Å². The van der Waals surface area contributed by atoms with Gasteiger partial charge in [-0.3, -0.25) is 4.79 Å². The Bertz CT molecular complexity index is 1260. The Labute approximate surface area is 191 Å². The average molecular weight is 445 g/mol. The molecule has 0 atom stereocenters. The van der Waals surface area contributed by atoms with Gasteiger partial charge in [-0.1, -0.05) is 36.8 Å². The summed E-state index contributed by atoms with van der Waals surface area (Å²) in [5.41, 5.74) is 1.87. The number of carbonyl (C=O) groups is 1. The van der Waals surface area contributed by atoms with Gasteiger partial charge >= 0.3 is 0 Å². The fourth-order valence-electron chi connectivity index (χ4n) is 4.18. The van der Waals surface area contributed by atoms with E-state index in [1.807, 2.05) is 42.5 Å². The number of anilines is 1. The predicted molar refractivity (Wildman–Crippen MR) is 124 cm³/mol. The first kappa shape index (κ1) is 21.1. The van der Waals surface area contributed by atoms with Gasteiger partial charge in [0, 0.05) is 36.9 Å². The van der Waals surface area contributed by atoms with Crippen LogP contribution in [0.5, 0.6) is 0 Å². The van der Waals surface area contributed by atoms with E-state index in [0.29, 0.717) is 18.0 Å². The Morgan fingerprint density at radius 2 is 1.88 bits per heavy atom. The molecule has 1 N–H and O–H groups in total. The molecule has 0 fully saturated rings. The molecule has 5 rings (SSSR count). The molecule has 1 amide bonds. The summed E-state index contributed by atoms with van der Waals surface area (Å²) in [6.07, 6.45) is 4.85. The van der Waals surface area contributed by atoms with Gasteiger partial charge < -0.3 is 14.3 Å². The van der Waals surface area contributed by atoms with E-state index in [1.165, 1.54) is 6.07 Å². The first-order valence-electron chi connectivity index (χ1n) is 11.3. The molecule has 1 aliphatic heterocycles. The van der Waals surface area contributed by atoms with Crippen LogP contribution in [0, 0.1) is 5.82 Å². The van der Waals surface area contributed by atoms with E-state index in [2.05, 4.69) is 20.1 Å². The van der Waals surface area contributed by atoms with Gasteiger partial charge in [-0.05, 0) is 43.2 Å². The van der Waals surface area contributed by atoms with E-state index in [4.69, 9.17) is 4.42 Å². The fraction of sp³-hybridized carbons (Fsp3) is 0.269. The normalized spacial score (nSPS) is 13.4. The van der Waals surface area contributed by atoms with Crippen molar-refractivity contribution >= 4 is 11.6 Å². The van der Waals surface area contributed by atoms with Crippen molar-refractivity contribution < 1.29 is 13.6 Å². The number of benzene rings is 2. The molecule has 3 heterocycles. The van der Waals surface area contributed by atoms with Gasteiger partial charge in [0.1, 0.15) is 23.2 Å². The lowest BCUT2D eigenvalue weighted by atomic mass is 10.1. The van der Waals surface area contributed by atoms with Crippen LogP contribution >= 0.6 is 0 Å². The second-order valence-corrected chi connectivity index (χ2v) is 8.28. The van der Waals surface area contributed by atoms with Gasteiger partial charge in [0.15, 0.2) is 5.82 Å². The van der Waals surface area contributed by atoms with Crippen LogP contribution in [0.25, 0.3) is 22.7 Å². The van der Waals surface area contributed by atoms with E-state index in [1.54, 1.807) is 12.1 Å². The van der Waals surface area contributed by atoms with Gasteiger partial charge in [-0.15, -0.1) is 10.2 Å². The highest BCUT2D eigenvalue weighted by Crippen LogP contribution is 2.27. The molecular formula is C26H25FN4O2. The number of hydrogen-bond acceptors (Lipinski definition) is 4. The highest BCUT2D eigenvalue weighted by molar-refractivity contribution is 5.91. The fourth-order valence-corrected chi connectivity index (χ4v) is 4.18. The Morgan fingerprint density at radius 3 is 2.76 bits per heavy atom. The third-order valence-electron chi connectivity index (χ3n) is 5.93. The lowest BCUT2D eigenvalue weighted by molar-refractivity contribution is -0.116. The zero-order chi connectivity index (χ0) is 22.6. The topological polar surface area (TPSA) is 73.0 Å². The third kappa shape index (κ3) is 4.72. The lowest BCUT2D eigenvalue weighted by Gasteiger charge is -2.10. The Hall–Kier alpha value is -3.74. The standard InChI is InChI=1S/C26H25FN4O2/c27-21-13-10-19(26-30-29-24-9-5-2-6-16-31(24)26)17-22(21)28-25(32)15-12-20-11-14-23(33-20)18-7-3-1-4-8-18/h1,3-4,7-8,10-11,13-14,17H,2,5-6,9,12,15-16H2,(H,28,32). The SMILES string of the molecule is O=C(CCc1ccc(-c2ccccc2)o1)Nc1cc(-c2nnc3n2CCCCC3)ccc1F. The number of nitrogens with one attached hydrogen (secondary N) is 1. The van der Waals surface area contributed by atoms with Gasteiger partial charge in [-0.25, -0.2) is 4.39 Å². The molecule has 0 radical (unpaired) electrons. The van der Waals surface area contributed by atoms with Crippen LogP contribution in [-0.4, -0.2) is 20.7 Å². The van der Waals surface area contributed by atoms with Crippen molar-refractivity contribution in [2.45, 2.75) is 45.1 Å². The van der Waals surface area contributed by atoms with Crippen LogP contribution in [0.2, 0.25) is 0 Å². The molecule has 6 nitrogen and oxygen atoms in total. The molecule has 0 spiro atoms. The molecule has 0 bridgehead atoms. The molecule has 0 aliphatic carbocycles. The second-order valence-electron chi connectivity index (χ2n) is 8.28. The van der Waals surface area contributed by atoms with Crippen molar-refractivity contribution in [1.82, 2.24) is 14.8 Å². The summed E-state index contributed by atoms with van der Waals surface area (Å²) in [6.45, 7) is 0.852. The van der Waals surface area contributed by atoms with Crippen molar-refractivity contribution in [3.05, 3.63) is 78.1 Å². The molecule has 168 valence electrons. The molecule has 0 saturated heterocycles. The second kappa shape index (κ2) is 9.40. The highest BCUT2D eigenvalue weighted by Gasteiger charge is 2.18. The van der Waals surface area contributed by atoms with Crippen LogP contribution in [0.15, 0.2) is 65.1 Å². The van der Waals surface area contributed by atoms with Crippen LogP contribution < -0.4 is 5.32 Å². The molecule has 2 aromatic carbocycles. The van der Waals surface area contributed by atoms with E-state index in [9.17, 15) is 9.18 Å². The zero-order valence-corrected chi connectivity index (χ0v) is 18.3. The smallest absolute Gasteiger partial charge is 0.224 e. The minimum Gasteiger partial charge on any atom is -0.461 e. The summed E-state index contributed by atoms with van der Waals surface area (Å²) < 4.78 is 22.4. The monoisotopic (exact) mass is 444 g/mol. The van der Waals surface area contributed by atoms with Crippen molar-refractivity contribution in [2.24, 2.45) is 0 Å². The predicted octanol–water partition coefficient (Wildman–Crippen LogP) is 5.64. The van der Waals surface area contributed by atoms with E-state index in [0.717, 1.165) is 54.9 Å². The average Bonchev–Trinajstić information content (AvgIpc) is 3.41. The van der Waals surface area contributed by atoms with Crippen LogP contribution in [0.3, 0.4) is 0 Å². The number of aryl methyl sites for hydroxylation is 2. The van der Waals surface area contributed by atoms with Crippen LogP contribution in [0.1, 0.15) is 37.3 Å². The van der Waals surface area contributed by atoms with Crippen LogP contribution in [0.4, 0.5) is 10.1 Å². The van der Waals surface area contributed by atoms with Gasteiger partial charge in [0.2, 0.25) is 5.91 Å². The number of carbonyl (C=O) groups excluding carboxylic acids is 1. The van der Waals surface area contributed by atoms with E-state index >= 15 is 0 Å². The molecule has 4 aromatic rings. The molecular weight excluding hydrogens is 419 g/mol. The van der Waals surface area contributed by atoms with Crippen molar-refractivity contribution in [2.75, 3.05) is 5.32 Å². The van der Waals surface area contributed by atoms with E-state index < -0.39 is 5.82 Å². The highest BCUT2D eigenvalue weighted by atomic mass is 19.1. The molecule has 0 unspecified atom stereocenters. The van der Waals surface area contributed by atoms with Gasteiger partial charge in [0.25, 0.3) is 0 Å². The summed E-state index contributed by atoms with van der Waals surface area (Å²) in [5, 5.41) is 11.3. The molecule has 1 aliphatic rings. The van der Waals surface area contributed by atoms with E-state index in [-0.39, 0.29) is 18.0 Å². The molecule has 7 heteroatoms. The maximum atomic E-state index is 14.5. The quantitative estimate of drug-likeness (QED) is 0.418. The van der Waals surface area contributed by atoms with Crippen molar-refractivity contribution in [1.29, 1.82) is 0 Å². The Balaban J connectivity index is 1.26. The summed E-state index contributed by atoms with van der Waals surface area (Å²) in [4.78, 5) is 12.5. The maximum Gasteiger partial charge on any atom is 0.224 e. The van der Waals surface area contributed by atoms with Gasteiger partial charge in [0.05, 0.1) is 5.69 Å². The number of rotatable bonds is 6. The summed E-state index contributed by atoms with van der Waals surface area (Å²) in [5.74, 6) is 2.40. The number of furan rings is 1. The van der Waals surface area contributed by atoms with Crippen molar-refractivity contribution in [3.63, 3.8) is 0 Å². The molecule has 2 aromatic heterocycles.